The van der Waals surface area contributed by atoms with Crippen LogP contribution in [0.25, 0.3) is 0 Å². The van der Waals surface area contributed by atoms with Crippen LogP contribution in [-0.4, -0.2) is 54.9 Å². The van der Waals surface area contributed by atoms with E-state index >= 15 is 0 Å². The summed E-state index contributed by atoms with van der Waals surface area (Å²) >= 11 is 0. The smallest absolute Gasteiger partial charge is 0.216 e. The van der Waals surface area contributed by atoms with E-state index in [4.69, 9.17) is 9.47 Å². The Balaban J connectivity index is 1.61. The van der Waals surface area contributed by atoms with Gasteiger partial charge in [0, 0.05) is 37.9 Å². The van der Waals surface area contributed by atoms with Gasteiger partial charge in [-0.3, -0.25) is 0 Å². The zero-order valence-electron chi connectivity index (χ0n) is 12.9. The van der Waals surface area contributed by atoms with Crippen molar-refractivity contribution in [2.24, 2.45) is 5.92 Å². The van der Waals surface area contributed by atoms with Crippen LogP contribution in [0.2, 0.25) is 0 Å². The maximum Gasteiger partial charge on any atom is 0.216 e. The number of hydrogen-bond acceptors (Lipinski definition) is 5. The Morgan fingerprint density at radius 2 is 2.23 bits per heavy atom. The Labute approximate surface area is 131 Å². The van der Waals surface area contributed by atoms with Crippen molar-refractivity contribution >= 4 is 10.0 Å². The van der Waals surface area contributed by atoms with Gasteiger partial charge >= 0.3 is 0 Å². The summed E-state index contributed by atoms with van der Waals surface area (Å²) in [4.78, 5) is 4.14. The zero-order valence-corrected chi connectivity index (χ0v) is 13.8. The minimum absolute atomic E-state index is 0.202. The van der Waals surface area contributed by atoms with E-state index in [-0.39, 0.29) is 11.5 Å². The van der Waals surface area contributed by atoms with Gasteiger partial charge in [-0.25, -0.2) is 13.4 Å². The molecular weight excluding hydrogens is 304 g/mol. The quantitative estimate of drug-likeness (QED) is 0.815. The second kappa shape index (κ2) is 5.79. The highest BCUT2D eigenvalue weighted by Gasteiger charge is 2.56. The molecule has 0 bridgehead atoms. The van der Waals surface area contributed by atoms with Gasteiger partial charge < -0.3 is 9.47 Å². The third kappa shape index (κ3) is 2.73. The first-order chi connectivity index (χ1) is 10.4. The predicted molar refractivity (Wildman–Crippen MR) is 82.2 cm³/mol. The number of aromatic nitrogens is 1. The standard InChI is InChI=1S/C15H22N2O4S/c1-12(2)22(18,19)17-10-15(11-17)13(6-8-21-15)9-20-14-5-3-4-7-16-14/h3-5,7,12-13H,6,8-11H2,1-2H3/t13-/m0/s1. The van der Waals surface area contributed by atoms with Crippen LogP contribution in [0, 0.1) is 5.92 Å². The molecule has 6 nitrogen and oxygen atoms in total. The highest BCUT2D eigenvalue weighted by molar-refractivity contribution is 7.89. The van der Waals surface area contributed by atoms with Gasteiger partial charge in [0.2, 0.25) is 15.9 Å². The summed E-state index contributed by atoms with van der Waals surface area (Å²) in [7, 11) is -3.19. The van der Waals surface area contributed by atoms with Crippen molar-refractivity contribution in [2.75, 3.05) is 26.3 Å². The summed E-state index contributed by atoms with van der Waals surface area (Å²) in [6.45, 7) is 5.45. The molecular formula is C15H22N2O4S. The fraction of sp³-hybridized carbons (Fsp3) is 0.667. The molecule has 0 radical (unpaired) electrons. The monoisotopic (exact) mass is 326 g/mol. The zero-order chi connectivity index (χ0) is 15.8. The lowest BCUT2D eigenvalue weighted by Crippen LogP contribution is -2.67. The van der Waals surface area contributed by atoms with Gasteiger partial charge in [-0.2, -0.15) is 4.31 Å². The van der Waals surface area contributed by atoms with E-state index < -0.39 is 15.3 Å². The summed E-state index contributed by atoms with van der Waals surface area (Å²) < 4.78 is 37.5. The molecule has 22 heavy (non-hydrogen) atoms. The van der Waals surface area contributed by atoms with Gasteiger partial charge in [0.1, 0.15) is 5.60 Å². The molecule has 2 fully saturated rings. The van der Waals surface area contributed by atoms with E-state index in [0.717, 1.165) is 6.42 Å². The molecule has 1 aromatic heterocycles. The lowest BCUT2D eigenvalue weighted by atomic mass is 9.83. The Hall–Kier alpha value is -1.18. The largest absolute Gasteiger partial charge is 0.477 e. The van der Waals surface area contributed by atoms with Crippen LogP contribution in [0.5, 0.6) is 5.88 Å². The van der Waals surface area contributed by atoms with Gasteiger partial charge in [0.15, 0.2) is 0 Å². The van der Waals surface area contributed by atoms with E-state index in [2.05, 4.69) is 4.98 Å². The molecule has 0 N–H and O–H groups in total. The molecule has 7 heteroatoms. The molecule has 1 spiro atoms. The maximum absolute atomic E-state index is 12.2. The summed E-state index contributed by atoms with van der Waals surface area (Å²) in [5, 5.41) is -0.394. The lowest BCUT2D eigenvalue weighted by molar-refractivity contribution is -0.107. The summed E-state index contributed by atoms with van der Waals surface area (Å²) in [5.74, 6) is 0.795. The third-order valence-corrected chi connectivity index (χ3v) is 6.68. The van der Waals surface area contributed by atoms with E-state index in [0.29, 0.717) is 32.2 Å². The molecule has 0 amide bonds. The van der Waals surface area contributed by atoms with Gasteiger partial charge in [-0.15, -0.1) is 0 Å². The van der Waals surface area contributed by atoms with Crippen molar-refractivity contribution in [1.82, 2.24) is 9.29 Å². The van der Waals surface area contributed by atoms with Crippen LogP contribution >= 0.6 is 0 Å². The van der Waals surface area contributed by atoms with Crippen LogP contribution in [0.1, 0.15) is 20.3 Å². The highest BCUT2D eigenvalue weighted by atomic mass is 32.2. The fourth-order valence-electron chi connectivity index (χ4n) is 3.02. The van der Waals surface area contributed by atoms with Gasteiger partial charge in [0.05, 0.1) is 11.9 Å². The van der Waals surface area contributed by atoms with Gasteiger partial charge in [0.25, 0.3) is 0 Å². The summed E-state index contributed by atoms with van der Waals surface area (Å²) in [6, 6.07) is 5.54. The number of pyridine rings is 1. The van der Waals surface area contributed by atoms with Crippen molar-refractivity contribution in [3.63, 3.8) is 0 Å². The van der Waals surface area contributed by atoms with Crippen LogP contribution < -0.4 is 4.74 Å². The summed E-state index contributed by atoms with van der Waals surface area (Å²) in [5.41, 5.74) is -0.378. The van der Waals surface area contributed by atoms with Gasteiger partial charge in [-0.1, -0.05) is 6.07 Å². The van der Waals surface area contributed by atoms with Crippen molar-refractivity contribution in [2.45, 2.75) is 31.1 Å². The molecule has 0 unspecified atom stereocenters. The topological polar surface area (TPSA) is 68.7 Å². The van der Waals surface area contributed by atoms with Crippen LogP contribution in [-0.2, 0) is 14.8 Å². The highest BCUT2D eigenvalue weighted by Crippen LogP contribution is 2.41. The first-order valence-electron chi connectivity index (χ1n) is 7.61. The molecule has 122 valence electrons. The number of hydrogen-bond donors (Lipinski definition) is 0. The number of ether oxygens (including phenoxy) is 2. The lowest BCUT2D eigenvalue weighted by Gasteiger charge is -2.49. The molecule has 3 rings (SSSR count). The minimum atomic E-state index is -3.19. The Kier molecular flexibility index (Phi) is 4.13. The first-order valence-corrected chi connectivity index (χ1v) is 9.11. The molecule has 0 aliphatic carbocycles. The average Bonchev–Trinajstić information content (AvgIpc) is 2.88. The Morgan fingerprint density at radius 3 is 2.86 bits per heavy atom. The van der Waals surface area contributed by atoms with Crippen molar-refractivity contribution in [3.05, 3.63) is 24.4 Å². The normalized spacial score (nSPS) is 24.6. The van der Waals surface area contributed by atoms with E-state index in [1.807, 2.05) is 18.2 Å². The molecule has 0 aromatic carbocycles. The van der Waals surface area contributed by atoms with E-state index in [9.17, 15) is 8.42 Å². The number of nitrogens with zero attached hydrogens (tertiary/aromatic N) is 2. The second-order valence-electron chi connectivity index (χ2n) is 6.24. The van der Waals surface area contributed by atoms with Crippen molar-refractivity contribution < 1.29 is 17.9 Å². The maximum atomic E-state index is 12.2. The minimum Gasteiger partial charge on any atom is -0.477 e. The predicted octanol–water partition coefficient (Wildman–Crippen LogP) is 1.29. The summed E-state index contributed by atoms with van der Waals surface area (Å²) in [6.07, 6.45) is 2.58. The van der Waals surface area contributed by atoms with Crippen LogP contribution in [0.3, 0.4) is 0 Å². The second-order valence-corrected chi connectivity index (χ2v) is 8.73. The van der Waals surface area contributed by atoms with E-state index in [1.54, 1.807) is 20.0 Å². The molecule has 2 aliphatic rings. The van der Waals surface area contributed by atoms with Crippen LogP contribution in [0.15, 0.2) is 24.4 Å². The Bertz CT molecular complexity index is 612. The van der Waals surface area contributed by atoms with Gasteiger partial charge in [-0.05, 0) is 26.3 Å². The molecule has 2 saturated heterocycles. The van der Waals surface area contributed by atoms with E-state index in [1.165, 1.54) is 4.31 Å². The van der Waals surface area contributed by atoms with Crippen molar-refractivity contribution in [3.8, 4) is 5.88 Å². The number of rotatable bonds is 5. The van der Waals surface area contributed by atoms with Crippen molar-refractivity contribution in [1.29, 1.82) is 0 Å². The third-order valence-electron chi connectivity index (χ3n) is 4.51. The molecule has 3 heterocycles. The SMILES string of the molecule is CC(C)S(=O)(=O)N1CC2(C1)OCC[C@H]2COc1ccccn1. The average molecular weight is 326 g/mol. The fourth-order valence-corrected chi connectivity index (χ4v) is 4.41. The first kappa shape index (κ1) is 15.7. The number of sulfonamides is 1. The molecule has 1 aromatic rings. The molecule has 0 saturated carbocycles. The molecule has 1 atom stereocenters. The molecule has 2 aliphatic heterocycles. The Morgan fingerprint density at radius 1 is 1.45 bits per heavy atom. The van der Waals surface area contributed by atoms with Crippen LogP contribution in [0.4, 0.5) is 0 Å².